The molecule has 1 heterocycles. The maximum Gasteiger partial charge on any atom is 0.181 e. The summed E-state index contributed by atoms with van der Waals surface area (Å²) >= 11 is 0. The molecule has 1 radical (unpaired) electrons. The Labute approximate surface area is 48.5 Å². The SMILES string of the molecule is CC(C)c1[c]nco1. The fourth-order valence-electron chi connectivity index (χ4n) is 0.465. The third-order valence-corrected chi connectivity index (χ3v) is 0.931. The normalized spacial score (nSPS) is 10.4. The van der Waals surface area contributed by atoms with E-state index in [-0.39, 0.29) is 0 Å². The van der Waals surface area contributed by atoms with E-state index in [1.807, 2.05) is 13.8 Å². The van der Waals surface area contributed by atoms with Crippen LogP contribution in [0.15, 0.2) is 10.8 Å². The molecule has 0 spiro atoms. The number of hydrogen-bond acceptors (Lipinski definition) is 2. The summed E-state index contributed by atoms with van der Waals surface area (Å²) in [7, 11) is 0. The van der Waals surface area contributed by atoms with Crippen molar-refractivity contribution < 1.29 is 4.42 Å². The topological polar surface area (TPSA) is 26.0 Å². The van der Waals surface area contributed by atoms with Crippen molar-refractivity contribution in [1.29, 1.82) is 0 Å². The molecular weight excluding hydrogens is 102 g/mol. The maximum absolute atomic E-state index is 4.93. The highest BCUT2D eigenvalue weighted by molar-refractivity contribution is 4.91. The summed E-state index contributed by atoms with van der Waals surface area (Å²) < 4.78 is 4.93. The quantitative estimate of drug-likeness (QED) is 0.548. The van der Waals surface area contributed by atoms with E-state index in [9.17, 15) is 0 Å². The van der Waals surface area contributed by atoms with E-state index < -0.39 is 0 Å². The van der Waals surface area contributed by atoms with Crippen molar-refractivity contribution in [3.63, 3.8) is 0 Å². The Bertz CT molecular complexity index is 144. The van der Waals surface area contributed by atoms with Crippen molar-refractivity contribution in [2.75, 3.05) is 0 Å². The van der Waals surface area contributed by atoms with Crippen LogP contribution in [0.25, 0.3) is 0 Å². The molecule has 8 heavy (non-hydrogen) atoms. The van der Waals surface area contributed by atoms with Crippen LogP contribution < -0.4 is 0 Å². The molecule has 0 atom stereocenters. The molecule has 0 fully saturated rings. The predicted octanol–water partition coefficient (Wildman–Crippen LogP) is 1.60. The summed E-state index contributed by atoms with van der Waals surface area (Å²) in [5.41, 5.74) is 0. The molecule has 0 aromatic carbocycles. The van der Waals surface area contributed by atoms with E-state index in [0.717, 1.165) is 5.76 Å². The average Bonchev–Trinajstić information content (AvgIpc) is 2.12. The highest BCUT2D eigenvalue weighted by Crippen LogP contribution is 2.10. The molecule has 0 aliphatic rings. The Kier molecular flexibility index (Phi) is 1.33. The Hall–Kier alpha value is -0.790. The van der Waals surface area contributed by atoms with Crippen LogP contribution >= 0.6 is 0 Å². The van der Waals surface area contributed by atoms with Crippen molar-refractivity contribution in [3.05, 3.63) is 18.4 Å². The van der Waals surface area contributed by atoms with Crippen molar-refractivity contribution in [3.8, 4) is 0 Å². The van der Waals surface area contributed by atoms with Crippen LogP contribution in [0.5, 0.6) is 0 Å². The third-order valence-electron chi connectivity index (χ3n) is 0.931. The second-order valence-corrected chi connectivity index (χ2v) is 1.98. The van der Waals surface area contributed by atoms with Gasteiger partial charge in [-0.1, -0.05) is 13.8 Å². The molecule has 2 nitrogen and oxygen atoms in total. The zero-order valence-corrected chi connectivity index (χ0v) is 5.01. The summed E-state index contributed by atoms with van der Waals surface area (Å²) in [4.78, 5) is 3.65. The molecule has 0 unspecified atom stereocenters. The van der Waals surface area contributed by atoms with E-state index >= 15 is 0 Å². The number of hydrogen-bond donors (Lipinski definition) is 0. The van der Waals surface area contributed by atoms with Gasteiger partial charge in [-0.3, -0.25) is 0 Å². The van der Waals surface area contributed by atoms with Crippen molar-refractivity contribution in [1.82, 2.24) is 4.98 Å². The lowest BCUT2D eigenvalue weighted by molar-refractivity contribution is 0.482. The minimum absolute atomic E-state index is 0.400. The summed E-state index contributed by atoms with van der Waals surface area (Å²) in [6, 6.07) is 0. The average molecular weight is 110 g/mol. The number of nitrogens with zero attached hydrogens (tertiary/aromatic N) is 1. The smallest absolute Gasteiger partial charge is 0.181 e. The van der Waals surface area contributed by atoms with Crippen molar-refractivity contribution in [2.45, 2.75) is 19.8 Å². The van der Waals surface area contributed by atoms with Gasteiger partial charge in [0.25, 0.3) is 0 Å². The van der Waals surface area contributed by atoms with Crippen LogP contribution in [0.4, 0.5) is 0 Å². The van der Waals surface area contributed by atoms with Gasteiger partial charge in [-0.25, -0.2) is 4.98 Å². The first-order valence-corrected chi connectivity index (χ1v) is 2.62. The molecule has 0 saturated heterocycles. The first-order valence-electron chi connectivity index (χ1n) is 2.62. The Morgan fingerprint density at radius 3 is 2.75 bits per heavy atom. The van der Waals surface area contributed by atoms with Crippen molar-refractivity contribution >= 4 is 0 Å². The third kappa shape index (κ3) is 0.886. The van der Waals surface area contributed by atoms with Gasteiger partial charge in [0, 0.05) is 5.92 Å². The molecule has 0 aliphatic carbocycles. The maximum atomic E-state index is 4.93. The second-order valence-electron chi connectivity index (χ2n) is 1.98. The molecule has 0 amide bonds. The van der Waals surface area contributed by atoms with Gasteiger partial charge >= 0.3 is 0 Å². The molecule has 43 valence electrons. The van der Waals surface area contributed by atoms with Gasteiger partial charge in [-0.2, -0.15) is 0 Å². The standard InChI is InChI=1S/C6H8NO/c1-5(2)6-3-7-4-8-6/h4-5H,1-2H3. The summed E-state index contributed by atoms with van der Waals surface area (Å²) in [6.45, 7) is 4.08. The lowest BCUT2D eigenvalue weighted by atomic mass is 10.2. The lowest BCUT2D eigenvalue weighted by Gasteiger charge is -1.92. The molecule has 2 heteroatoms. The molecule has 0 bridgehead atoms. The van der Waals surface area contributed by atoms with Gasteiger partial charge in [-0.05, 0) is 0 Å². The Morgan fingerprint density at radius 2 is 2.50 bits per heavy atom. The van der Waals surface area contributed by atoms with Crippen LogP contribution in [-0.2, 0) is 0 Å². The van der Waals surface area contributed by atoms with E-state index in [1.54, 1.807) is 0 Å². The van der Waals surface area contributed by atoms with Crippen LogP contribution in [0.2, 0.25) is 0 Å². The predicted molar refractivity (Wildman–Crippen MR) is 29.4 cm³/mol. The molecular formula is C6H8NO. The Morgan fingerprint density at radius 1 is 1.75 bits per heavy atom. The van der Waals surface area contributed by atoms with E-state index in [1.165, 1.54) is 6.39 Å². The van der Waals surface area contributed by atoms with Crippen LogP contribution in [0.3, 0.4) is 0 Å². The number of aromatic nitrogens is 1. The Balaban J connectivity index is 2.77. The monoisotopic (exact) mass is 110 g/mol. The zero-order chi connectivity index (χ0) is 5.98. The first kappa shape index (κ1) is 5.35. The van der Waals surface area contributed by atoms with Crippen LogP contribution in [-0.4, -0.2) is 4.98 Å². The lowest BCUT2D eigenvalue weighted by Crippen LogP contribution is -1.80. The van der Waals surface area contributed by atoms with Gasteiger partial charge in [0.15, 0.2) is 6.39 Å². The first-order chi connectivity index (χ1) is 3.80. The van der Waals surface area contributed by atoms with Crippen LogP contribution in [0, 0.1) is 6.20 Å². The van der Waals surface area contributed by atoms with Gasteiger partial charge in [0.2, 0.25) is 0 Å². The van der Waals surface area contributed by atoms with Gasteiger partial charge in [-0.15, -0.1) is 0 Å². The minimum Gasteiger partial charge on any atom is -0.447 e. The number of rotatable bonds is 1. The van der Waals surface area contributed by atoms with Gasteiger partial charge in [0.05, 0.1) is 0 Å². The van der Waals surface area contributed by atoms with E-state index in [0.29, 0.717) is 5.92 Å². The largest absolute Gasteiger partial charge is 0.447 e. The summed E-state index contributed by atoms with van der Waals surface area (Å²) in [5, 5.41) is 0. The molecule has 1 aromatic heterocycles. The van der Waals surface area contributed by atoms with E-state index in [4.69, 9.17) is 4.42 Å². The fraction of sp³-hybridized carbons (Fsp3) is 0.500. The highest BCUT2D eigenvalue weighted by Gasteiger charge is 2.00. The molecule has 0 saturated carbocycles. The summed E-state index contributed by atoms with van der Waals surface area (Å²) in [5.74, 6) is 1.22. The van der Waals surface area contributed by atoms with Crippen LogP contribution in [0.1, 0.15) is 25.5 Å². The molecule has 0 N–H and O–H groups in total. The molecule has 0 aliphatic heterocycles. The van der Waals surface area contributed by atoms with E-state index in [2.05, 4.69) is 11.2 Å². The second kappa shape index (κ2) is 1.99. The van der Waals surface area contributed by atoms with Gasteiger partial charge < -0.3 is 4.42 Å². The fourth-order valence-corrected chi connectivity index (χ4v) is 0.465. The number of oxazole rings is 1. The molecule has 1 aromatic rings. The molecule has 1 rings (SSSR count). The van der Waals surface area contributed by atoms with Gasteiger partial charge in [0.1, 0.15) is 12.0 Å². The summed E-state index contributed by atoms with van der Waals surface area (Å²) in [6.07, 6.45) is 4.12. The minimum atomic E-state index is 0.400. The van der Waals surface area contributed by atoms with Crippen molar-refractivity contribution in [2.24, 2.45) is 0 Å². The highest BCUT2D eigenvalue weighted by atomic mass is 16.3. The zero-order valence-electron chi connectivity index (χ0n) is 5.01.